The third kappa shape index (κ3) is 2.25. The Morgan fingerprint density at radius 2 is 1.50 bits per heavy atom. The van der Waals surface area contributed by atoms with Gasteiger partial charge in [-0.3, -0.25) is 4.79 Å². The molecule has 0 radical (unpaired) electrons. The summed E-state index contributed by atoms with van der Waals surface area (Å²) in [6.07, 6.45) is 2.97. The summed E-state index contributed by atoms with van der Waals surface area (Å²) in [7, 11) is 1.47. The molecule has 2 aromatic rings. The zero-order valence-electron chi connectivity index (χ0n) is 13.0. The molecule has 112 valence electrons. The Labute approximate surface area is 131 Å². The van der Waals surface area contributed by atoms with Crippen molar-refractivity contribution in [1.29, 1.82) is 0 Å². The molecule has 0 aromatic heterocycles. The molecule has 0 amide bonds. The fourth-order valence-electron chi connectivity index (χ4n) is 3.61. The van der Waals surface area contributed by atoms with Crippen molar-refractivity contribution >= 4 is 5.97 Å². The van der Waals surface area contributed by atoms with Crippen LogP contribution in [0.1, 0.15) is 24.5 Å². The van der Waals surface area contributed by atoms with Gasteiger partial charge in [-0.1, -0.05) is 72.3 Å². The maximum Gasteiger partial charge on any atom is 0.310 e. The fourth-order valence-corrected chi connectivity index (χ4v) is 3.61. The maximum atomic E-state index is 12.5. The quantitative estimate of drug-likeness (QED) is 0.628. The number of benzene rings is 2. The van der Waals surface area contributed by atoms with E-state index in [0.29, 0.717) is 0 Å². The number of allylic oxidation sites excluding steroid dienone is 2. The van der Waals surface area contributed by atoms with Gasteiger partial charge in [-0.05, 0) is 24.5 Å². The van der Waals surface area contributed by atoms with Crippen LogP contribution in [0.2, 0.25) is 0 Å². The Bertz CT molecular complexity index is 647. The third-order valence-electron chi connectivity index (χ3n) is 4.54. The molecular weight excluding hydrogens is 272 g/mol. The Kier molecular flexibility index (Phi) is 3.84. The standard InChI is InChI=1S/C20H20O2/c1-15-13-18(19(21)22-2)20(14-15,16-9-5-3-6-10-16)17-11-7-4-8-12-17/h3-12,14,18H,13H2,1-2H3. The van der Waals surface area contributed by atoms with Crippen molar-refractivity contribution in [3.8, 4) is 0 Å². The van der Waals surface area contributed by atoms with Crippen LogP contribution in [0.3, 0.4) is 0 Å². The molecular formula is C20H20O2. The zero-order chi connectivity index (χ0) is 15.6. The van der Waals surface area contributed by atoms with Gasteiger partial charge in [-0.25, -0.2) is 0 Å². The zero-order valence-corrected chi connectivity index (χ0v) is 13.0. The largest absolute Gasteiger partial charge is 0.469 e. The first-order chi connectivity index (χ1) is 10.7. The molecule has 2 nitrogen and oxygen atoms in total. The van der Waals surface area contributed by atoms with Gasteiger partial charge in [0, 0.05) is 0 Å². The van der Waals surface area contributed by atoms with E-state index in [1.807, 2.05) is 36.4 Å². The number of methoxy groups -OCH3 is 1. The Morgan fingerprint density at radius 1 is 1.00 bits per heavy atom. The van der Waals surface area contributed by atoms with Crippen molar-refractivity contribution in [2.45, 2.75) is 18.8 Å². The molecule has 0 aliphatic heterocycles. The van der Waals surface area contributed by atoms with E-state index < -0.39 is 5.41 Å². The van der Waals surface area contributed by atoms with Gasteiger partial charge < -0.3 is 4.74 Å². The normalized spacial score (nSPS) is 19.5. The fraction of sp³-hybridized carbons (Fsp3) is 0.250. The van der Waals surface area contributed by atoms with E-state index >= 15 is 0 Å². The van der Waals surface area contributed by atoms with E-state index in [2.05, 4.69) is 37.3 Å². The molecule has 1 unspecified atom stereocenters. The van der Waals surface area contributed by atoms with E-state index in [1.165, 1.54) is 12.7 Å². The molecule has 0 spiro atoms. The number of carbonyl (C=O) groups is 1. The second-order valence-corrected chi connectivity index (χ2v) is 5.87. The van der Waals surface area contributed by atoms with Crippen molar-refractivity contribution in [3.05, 3.63) is 83.4 Å². The van der Waals surface area contributed by atoms with E-state index in [-0.39, 0.29) is 11.9 Å². The first-order valence-electron chi connectivity index (χ1n) is 7.55. The first-order valence-corrected chi connectivity index (χ1v) is 7.55. The van der Waals surface area contributed by atoms with Gasteiger partial charge >= 0.3 is 5.97 Å². The smallest absolute Gasteiger partial charge is 0.310 e. The van der Waals surface area contributed by atoms with Crippen molar-refractivity contribution < 1.29 is 9.53 Å². The number of carbonyl (C=O) groups excluding carboxylic acids is 1. The molecule has 2 aromatic carbocycles. The lowest BCUT2D eigenvalue weighted by Crippen LogP contribution is -2.37. The first kappa shape index (κ1) is 14.6. The summed E-state index contributed by atoms with van der Waals surface area (Å²) >= 11 is 0. The average molecular weight is 292 g/mol. The van der Waals surface area contributed by atoms with E-state index in [1.54, 1.807) is 0 Å². The molecule has 1 aliphatic carbocycles. The van der Waals surface area contributed by atoms with Gasteiger partial charge in [0.05, 0.1) is 18.4 Å². The minimum absolute atomic E-state index is 0.152. The van der Waals surface area contributed by atoms with Crippen molar-refractivity contribution in [2.75, 3.05) is 7.11 Å². The monoisotopic (exact) mass is 292 g/mol. The highest BCUT2D eigenvalue weighted by molar-refractivity contribution is 5.78. The second kappa shape index (κ2) is 5.80. The number of hydrogen-bond acceptors (Lipinski definition) is 2. The highest BCUT2D eigenvalue weighted by Gasteiger charge is 2.48. The summed E-state index contributed by atoms with van der Waals surface area (Å²) in [6.45, 7) is 2.09. The molecule has 0 N–H and O–H groups in total. The van der Waals surface area contributed by atoms with Crippen LogP contribution in [0, 0.1) is 5.92 Å². The summed E-state index contributed by atoms with van der Waals surface area (Å²) in [4.78, 5) is 12.5. The van der Waals surface area contributed by atoms with Crippen LogP contribution in [0.15, 0.2) is 72.3 Å². The summed E-state index contributed by atoms with van der Waals surface area (Å²) in [5, 5.41) is 0. The van der Waals surface area contributed by atoms with Crippen molar-refractivity contribution in [1.82, 2.24) is 0 Å². The topological polar surface area (TPSA) is 26.3 Å². The third-order valence-corrected chi connectivity index (χ3v) is 4.54. The predicted octanol–water partition coefficient (Wildman–Crippen LogP) is 4.11. The van der Waals surface area contributed by atoms with Gasteiger partial charge in [0.15, 0.2) is 0 Å². The lowest BCUT2D eigenvalue weighted by molar-refractivity contribution is -0.146. The van der Waals surface area contributed by atoms with Crippen LogP contribution >= 0.6 is 0 Å². The van der Waals surface area contributed by atoms with Crippen LogP contribution in [-0.4, -0.2) is 13.1 Å². The van der Waals surface area contributed by atoms with Crippen LogP contribution in [-0.2, 0) is 14.9 Å². The van der Waals surface area contributed by atoms with Crippen LogP contribution in [0.4, 0.5) is 0 Å². The van der Waals surface area contributed by atoms with Gasteiger partial charge in [0.1, 0.15) is 0 Å². The molecule has 0 heterocycles. The predicted molar refractivity (Wildman–Crippen MR) is 87.5 cm³/mol. The number of ether oxygens (including phenoxy) is 1. The van der Waals surface area contributed by atoms with E-state index in [4.69, 9.17) is 4.74 Å². The molecule has 22 heavy (non-hydrogen) atoms. The summed E-state index contributed by atoms with van der Waals surface area (Å²) in [5.74, 6) is -0.372. The highest BCUT2D eigenvalue weighted by Crippen LogP contribution is 2.49. The summed E-state index contributed by atoms with van der Waals surface area (Å²) in [5.41, 5.74) is 3.05. The number of hydrogen-bond donors (Lipinski definition) is 0. The van der Waals surface area contributed by atoms with Crippen LogP contribution in [0.25, 0.3) is 0 Å². The van der Waals surface area contributed by atoms with Gasteiger partial charge in [-0.15, -0.1) is 0 Å². The van der Waals surface area contributed by atoms with Crippen LogP contribution < -0.4 is 0 Å². The molecule has 0 bridgehead atoms. The van der Waals surface area contributed by atoms with Gasteiger partial charge in [0.2, 0.25) is 0 Å². The van der Waals surface area contributed by atoms with E-state index in [0.717, 1.165) is 17.5 Å². The highest BCUT2D eigenvalue weighted by atomic mass is 16.5. The average Bonchev–Trinajstić information content (AvgIpc) is 2.94. The maximum absolute atomic E-state index is 12.5. The summed E-state index contributed by atoms with van der Waals surface area (Å²) < 4.78 is 5.11. The summed E-state index contributed by atoms with van der Waals surface area (Å²) in [6, 6.07) is 20.5. The Morgan fingerprint density at radius 3 is 1.95 bits per heavy atom. The minimum atomic E-state index is -0.445. The number of rotatable bonds is 3. The minimum Gasteiger partial charge on any atom is -0.469 e. The molecule has 0 fully saturated rings. The lowest BCUT2D eigenvalue weighted by atomic mass is 9.68. The molecule has 2 heteroatoms. The van der Waals surface area contributed by atoms with Crippen molar-refractivity contribution in [3.63, 3.8) is 0 Å². The Balaban J connectivity index is 2.25. The molecule has 3 rings (SSSR count). The van der Waals surface area contributed by atoms with Crippen LogP contribution in [0.5, 0.6) is 0 Å². The molecule has 0 saturated carbocycles. The second-order valence-electron chi connectivity index (χ2n) is 5.87. The van der Waals surface area contributed by atoms with Gasteiger partial charge in [0.25, 0.3) is 0 Å². The molecule has 0 saturated heterocycles. The van der Waals surface area contributed by atoms with E-state index in [9.17, 15) is 4.79 Å². The molecule has 1 aliphatic rings. The van der Waals surface area contributed by atoms with Gasteiger partial charge in [-0.2, -0.15) is 0 Å². The molecule has 1 atom stereocenters. The number of esters is 1. The lowest BCUT2D eigenvalue weighted by Gasteiger charge is -2.34. The Hall–Kier alpha value is -2.35. The SMILES string of the molecule is COC(=O)C1CC(C)=CC1(c1ccccc1)c1ccccc1. The van der Waals surface area contributed by atoms with Crippen molar-refractivity contribution in [2.24, 2.45) is 5.92 Å².